The molecule has 1 heterocycles. The van der Waals surface area contributed by atoms with E-state index in [4.69, 9.17) is 4.74 Å². The molecule has 0 unspecified atom stereocenters. The van der Waals surface area contributed by atoms with Gasteiger partial charge in [0.2, 0.25) is 11.8 Å². The number of benzene rings is 2. The number of hydrogen-bond donors (Lipinski definition) is 1. The van der Waals surface area contributed by atoms with Crippen molar-refractivity contribution in [1.29, 1.82) is 0 Å². The van der Waals surface area contributed by atoms with E-state index in [2.05, 4.69) is 10.3 Å². The van der Waals surface area contributed by atoms with Crippen LogP contribution in [0.15, 0.2) is 53.5 Å². The maximum absolute atomic E-state index is 14.0. The minimum Gasteiger partial charge on any atom is -0.494 e. The first-order valence-electron chi connectivity index (χ1n) is 8.78. The third kappa shape index (κ3) is 4.33. The van der Waals surface area contributed by atoms with E-state index >= 15 is 0 Å². The third-order valence-electron chi connectivity index (χ3n) is 4.07. The number of aliphatic imine (C=N–C) groups is 1. The van der Waals surface area contributed by atoms with Crippen LogP contribution in [0.5, 0.6) is 5.75 Å². The number of para-hydroxylation sites is 1. The minimum atomic E-state index is -0.666. The van der Waals surface area contributed by atoms with Crippen molar-refractivity contribution in [1.82, 2.24) is 0 Å². The van der Waals surface area contributed by atoms with Crippen LogP contribution in [0.25, 0.3) is 0 Å². The lowest BCUT2D eigenvalue weighted by Crippen LogP contribution is -2.32. The second kappa shape index (κ2) is 8.88. The van der Waals surface area contributed by atoms with Gasteiger partial charge in [-0.15, -0.1) is 0 Å². The molecule has 0 bridgehead atoms. The highest BCUT2D eigenvalue weighted by molar-refractivity contribution is 8.15. The summed E-state index contributed by atoms with van der Waals surface area (Å²) < 4.78 is 19.4. The third-order valence-corrected chi connectivity index (χ3v) is 5.23. The molecule has 28 heavy (non-hydrogen) atoms. The van der Waals surface area contributed by atoms with Crippen LogP contribution in [-0.4, -0.2) is 35.9 Å². The Morgan fingerprint density at radius 2 is 1.96 bits per heavy atom. The highest BCUT2D eigenvalue weighted by Crippen LogP contribution is 2.32. The number of amidine groups is 1. The fourth-order valence-corrected chi connectivity index (χ4v) is 3.76. The van der Waals surface area contributed by atoms with Crippen LogP contribution >= 0.6 is 11.8 Å². The van der Waals surface area contributed by atoms with Gasteiger partial charge in [0.15, 0.2) is 5.17 Å². The van der Waals surface area contributed by atoms with Crippen molar-refractivity contribution in [2.24, 2.45) is 4.99 Å². The average Bonchev–Trinajstić information content (AvgIpc) is 2.96. The Labute approximate surface area is 166 Å². The van der Waals surface area contributed by atoms with Gasteiger partial charge in [-0.05, 0) is 43.3 Å². The van der Waals surface area contributed by atoms with E-state index in [1.807, 2.05) is 31.2 Å². The Hall–Kier alpha value is -2.87. The number of rotatable bonds is 5. The number of imide groups is 1. The Balaban J connectivity index is 1.69. The zero-order chi connectivity index (χ0) is 20.1. The van der Waals surface area contributed by atoms with Crippen LogP contribution in [0.1, 0.15) is 13.3 Å². The lowest BCUT2D eigenvalue weighted by molar-refractivity contribution is -0.121. The first kappa shape index (κ1) is 19.9. The van der Waals surface area contributed by atoms with E-state index in [0.29, 0.717) is 11.8 Å². The van der Waals surface area contributed by atoms with Crippen molar-refractivity contribution >= 4 is 40.1 Å². The summed E-state index contributed by atoms with van der Waals surface area (Å²) in [5.41, 5.74) is 0.759. The van der Waals surface area contributed by atoms with E-state index in [1.54, 1.807) is 13.1 Å². The molecule has 1 fully saturated rings. The topological polar surface area (TPSA) is 71.0 Å². The fraction of sp³-hybridized carbons (Fsp3) is 0.250. The SMILES string of the molecule is CCOc1ccc(NC(=NC)S[C@@H]2CC(=O)N(c3ccccc3F)C2=O)cc1. The summed E-state index contributed by atoms with van der Waals surface area (Å²) in [5, 5.41) is 2.95. The molecule has 0 saturated carbocycles. The Morgan fingerprint density at radius 3 is 2.61 bits per heavy atom. The van der Waals surface area contributed by atoms with Crippen LogP contribution in [0.3, 0.4) is 0 Å². The standard InChI is InChI=1S/C20H20FN3O3S/c1-3-27-14-10-8-13(9-11-14)23-20(22-2)28-17-12-18(25)24(19(17)26)16-7-5-4-6-15(16)21/h4-11,17H,3,12H2,1-2H3,(H,22,23)/t17-/m1/s1. The van der Waals surface area contributed by atoms with Gasteiger partial charge in [0.25, 0.3) is 0 Å². The number of thioether (sulfide) groups is 1. The molecule has 6 nitrogen and oxygen atoms in total. The van der Waals surface area contributed by atoms with Crippen LogP contribution in [-0.2, 0) is 9.59 Å². The number of anilines is 2. The van der Waals surface area contributed by atoms with Crippen molar-refractivity contribution in [2.45, 2.75) is 18.6 Å². The Morgan fingerprint density at radius 1 is 1.25 bits per heavy atom. The number of nitrogens with one attached hydrogen (secondary N) is 1. The molecule has 1 N–H and O–H groups in total. The molecule has 0 aromatic heterocycles. The molecule has 146 valence electrons. The van der Waals surface area contributed by atoms with Gasteiger partial charge in [0.1, 0.15) is 16.8 Å². The molecular weight excluding hydrogens is 381 g/mol. The molecule has 1 saturated heterocycles. The predicted molar refractivity (Wildman–Crippen MR) is 109 cm³/mol. The van der Waals surface area contributed by atoms with Crippen molar-refractivity contribution < 1.29 is 18.7 Å². The predicted octanol–water partition coefficient (Wildman–Crippen LogP) is 3.69. The molecule has 0 radical (unpaired) electrons. The lowest BCUT2D eigenvalue weighted by Gasteiger charge is -2.16. The fourth-order valence-electron chi connectivity index (χ4n) is 2.78. The number of carbonyl (C=O) groups is 2. The molecule has 0 spiro atoms. The summed E-state index contributed by atoms with van der Waals surface area (Å²) in [5.74, 6) is -0.724. The second-order valence-corrected chi connectivity index (χ2v) is 7.13. The van der Waals surface area contributed by atoms with E-state index in [-0.39, 0.29) is 12.1 Å². The molecule has 0 aliphatic carbocycles. The lowest BCUT2D eigenvalue weighted by atomic mass is 10.3. The van der Waals surface area contributed by atoms with E-state index in [0.717, 1.165) is 28.1 Å². The summed E-state index contributed by atoms with van der Waals surface area (Å²) in [6, 6.07) is 13.1. The molecule has 1 atom stereocenters. The van der Waals surface area contributed by atoms with Gasteiger partial charge >= 0.3 is 0 Å². The normalized spacial score (nSPS) is 17.2. The molecule has 1 aliphatic heterocycles. The van der Waals surface area contributed by atoms with Crippen LogP contribution in [0.4, 0.5) is 15.8 Å². The van der Waals surface area contributed by atoms with E-state index in [1.165, 1.54) is 18.2 Å². The van der Waals surface area contributed by atoms with E-state index < -0.39 is 22.9 Å². The Bertz CT molecular complexity index is 902. The van der Waals surface area contributed by atoms with Crippen LogP contribution < -0.4 is 15.0 Å². The monoisotopic (exact) mass is 401 g/mol. The summed E-state index contributed by atoms with van der Waals surface area (Å²) in [4.78, 5) is 30.1. The molecule has 8 heteroatoms. The van der Waals surface area contributed by atoms with Crippen LogP contribution in [0.2, 0.25) is 0 Å². The van der Waals surface area contributed by atoms with Crippen molar-refractivity contribution in [3.63, 3.8) is 0 Å². The first-order chi connectivity index (χ1) is 13.5. The zero-order valence-corrected chi connectivity index (χ0v) is 16.3. The summed E-state index contributed by atoms with van der Waals surface area (Å²) in [7, 11) is 1.60. The number of nitrogens with zero attached hydrogens (tertiary/aromatic N) is 2. The Kier molecular flexibility index (Phi) is 6.30. The number of ether oxygens (including phenoxy) is 1. The van der Waals surface area contributed by atoms with Gasteiger partial charge in [-0.2, -0.15) is 0 Å². The molecular formula is C20H20FN3O3S. The summed E-state index contributed by atoms with van der Waals surface area (Å²) >= 11 is 1.15. The highest BCUT2D eigenvalue weighted by atomic mass is 32.2. The average molecular weight is 401 g/mol. The molecule has 1 aliphatic rings. The second-order valence-electron chi connectivity index (χ2n) is 5.94. The van der Waals surface area contributed by atoms with Gasteiger partial charge < -0.3 is 10.1 Å². The van der Waals surface area contributed by atoms with Gasteiger partial charge in [0.05, 0.1) is 12.3 Å². The van der Waals surface area contributed by atoms with Crippen molar-refractivity contribution in [3.05, 3.63) is 54.3 Å². The maximum atomic E-state index is 14.0. The molecule has 2 aromatic rings. The van der Waals surface area contributed by atoms with Crippen molar-refractivity contribution in [2.75, 3.05) is 23.9 Å². The number of amides is 2. The van der Waals surface area contributed by atoms with Crippen LogP contribution in [0, 0.1) is 5.82 Å². The van der Waals surface area contributed by atoms with Crippen molar-refractivity contribution in [3.8, 4) is 5.75 Å². The maximum Gasteiger partial charge on any atom is 0.247 e. The molecule has 2 amide bonds. The van der Waals surface area contributed by atoms with Gasteiger partial charge in [-0.25, -0.2) is 9.29 Å². The van der Waals surface area contributed by atoms with Gasteiger partial charge in [-0.1, -0.05) is 23.9 Å². The van der Waals surface area contributed by atoms with Gasteiger partial charge in [0, 0.05) is 19.2 Å². The largest absolute Gasteiger partial charge is 0.494 e. The quantitative estimate of drug-likeness (QED) is 0.470. The minimum absolute atomic E-state index is 0.0121. The van der Waals surface area contributed by atoms with E-state index in [9.17, 15) is 14.0 Å². The smallest absolute Gasteiger partial charge is 0.247 e. The molecule has 3 rings (SSSR count). The summed E-state index contributed by atoms with van der Waals surface area (Å²) in [6.07, 6.45) is -0.0121. The number of hydrogen-bond acceptors (Lipinski definition) is 5. The highest BCUT2D eigenvalue weighted by Gasteiger charge is 2.41. The zero-order valence-electron chi connectivity index (χ0n) is 15.5. The molecule has 2 aromatic carbocycles. The first-order valence-corrected chi connectivity index (χ1v) is 9.66. The summed E-state index contributed by atoms with van der Waals surface area (Å²) in [6.45, 7) is 2.50. The van der Waals surface area contributed by atoms with Gasteiger partial charge in [-0.3, -0.25) is 14.6 Å². The number of carbonyl (C=O) groups excluding carboxylic acids is 2. The number of halogens is 1.